The Balaban J connectivity index is 3.97. The Labute approximate surface area is 654 Å². The number of rotatable bonds is 79. The van der Waals surface area contributed by atoms with Gasteiger partial charge in [-0.15, -0.1) is 0 Å². The average Bonchev–Trinajstić information content (AvgIpc) is 0.908. The maximum Gasteiger partial charge on any atom is 0.306 e. The number of carbonyl (C=O) groups excluding carboxylic acids is 2. The van der Waals surface area contributed by atoms with E-state index in [1.807, 2.05) is 21.1 Å². The second kappa shape index (κ2) is 84.1. The van der Waals surface area contributed by atoms with E-state index in [9.17, 15) is 19.0 Å². The van der Waals surface area contributed by atoms with Crippen LogP contribution in [0.3, 0.4) is 0 Å². The molecule has 10 heteroatoms. The molecule has 0 saturated carbocycles. The number of nitrogens with zero attached hydrogens (tertiary/aromatic N) is 1. The van der Waals surface area contributed by atoms with Crippen molar-refractivity contribution < 1.29 is 42.1 Å². The van der Waals surface area contributed by atoms with Crippen LogP contribution in [-0.4, -0.2) is 70.0 Å². The van der Waals surface area contributed by atoms with Gasteiger partial charge < -0.3 is 27.9 Å². The Kier molecular flexibility index (Phi) is 80.3. The van der Waals surface area contributed by atoms with Gasteiger partial charge in [0.25, 0.3) is 7.82 Å². The van der Waals surface area contributed by atoms with Gasteiger partial charge in [-0.05, 0) is 135 Å². The van der Waals surface area contributed by atoms with Crippen LogP contribution in [0.15, 0.2) is 182 Å². The van der Waals surface area contributed by atoms with Crippen molar-refractivity contribution in [2.24, 2.45) is 0 Å². The van der Waals surface area contributed by atoms with E-state index in [1.165, 1.54) is 186 Å². The van der Waals surface area contributed by atoms with Gasteiger partial charge in [-0.2, -0.15) is 0 Å². The fourth-order valence-electron chi connectivity index (χ4n) is 11.9. The van der Waals surface area contributed by atoms with Crippen molar-refractivity contribution >= 4 is 19.8 Å². The lowest BCUT2D eigenvalue weighted by atomic mass is 10.0. The number of hydrogen-bond acceptors (Lipinski definition) is 8. The van der Waals surface area contributed by atoms with E-state index in [4.69, 9.17) is 18.5 Å². The molecule has 0 aromatic rings. The lowest BCUT2D eigenvalue weighted by molar-refractivity contribution is -0.870. The van der Waals surface area contributed by atoms with Gasteiger partial charge in [0.2, 0.25) is 0 Å². The molecule has 0 aliphatic carbocycles. The van der Waals surface area contributed by atoms with Crippen molar-refractivity contribution in [1.29, 1.82) is 0 Å². The number of allylic oxidation sites excluding steroid dienone is 30. The second-order valence-electron chi connectivity index (χ2n) is 29.8. The molecule has 0 saturated heterocycles. The molecular formula is C96H162NO8P. The van der Waals surface area contributed by atoms with Crippen molar-refractivity contribution in [2.45, 2.75) is 367 Å². The Hall–Kier alpha value is -4.89. The van der Waals surface area contributed by atoms with Crippen molar-refractivity contribution in [3.05, 3.63) is 182 Å². The molecule has 0 bridgehead atoms. The molecule has 2 unspecified atom stereocenters. The Bertz CT molecular complexity index is 2460. The maximum absolute atomic E-state index is 12.9. The smallest absolute Gasteiger partial charge is 0.306 e. The molecule has 0 aliphatic heterocycles. The SMILES string of the molecule is CC/C=C\C/C=C\C/C=C\C/C=C\C/C=C\C/C=C\C/C=C\C/C=C\C/C=C\C/C=C\CCCCCCCCCCCCC(=O)OC(COC(=O)CCCCCCCCCCCCCCCCCCCCCCCCCCC/C=C\C/C=C\C/C=C\C/C=C\C/C=C\CC)COP(=O)([O-])OCC[N+](C)(C)C. The van der Waals surface area contributed by atoms with Crippen LogP contribution in [-0.2, 0) is 32.7 Å². The first-order valence-electron chi connectivity index (χ1n) is 43.5. The topological polar surface area (TPSA) is 111 Å². The normalized spacial score (nSPS) is 13.9. The molecule has 0 aromatic carbocycles. The van der Waals surface area contributed by atoms with E-state index >= 15 is 0 Å². The van der Waals surface area contributed by atoms with Crippen LogP contribution in [0.4, 0.5) is 0 Å². The summed E-state index contributed by atoms with van der Waals surface area (Å²) >= 11 is 0. The van der Waals surface area contributed by atoms with Gasteiger partial charge in [0.1, 0.15) is 19.8 Å². The minimum atomic E-state index is -4.66. The van der Waals surface area contributed by atoms with Gasteiger partial charge >= 0.3 is 11.9 Å². The zero-order valence-electron chi connectivity index (χ0n) is 69.1. The molecule has 9 nitrogen and oxygen atoms in total. The monoisotopic (exact) mass is 1490 g/mol. The van der Waals surface area contributed by atoms with Gasteiger partial charge in [-0.1, -0.05) is 395 Å². The van der Waals surface area contributed by atoms with Gasteiger partial charge in [-0.3, -0.25) is 14.2 Å². The van der Waals surface area contributed by atoms with E-state index in [0.29, 0.717) is 17.4 Å². The lowest BCUT2D eigenvalue weighted by Crippen LogP contribution is -2.37. The van der Waals surface area contributed by atoms with Crippen LogP contribution < -0.4 is 4.89 Å². The number of unbranched alkanes of at least 4 members (excludes halogenated alkanes) is 35. The van der Waals surface area contributed by atoms with Crippen molar-refractivity contribution in [3.63, 3.8) is 0 Å². The van der Waals surface area contributed by atoms with Crippen LogP contribution in [0.2, 0.25) is 0 Å². The molecule has 604 valence electrons. The van der Waals surface area contributed by atoms with Crippen LogP contribution in [0.1, 0.15) is 361 Å². The average molecular weight is 1490 g/mol. The minimum Gasteiger partial charge on any atom is -0.756 e. The van der Waals surface area contributed by atoms with Gasteiger partial charge in [0.15, 0.2) is 6.10 Å². The first-order chi connectivity index (χ1) is 52.0. The van der Waals surface area contributed by atoms with Crippen molar-refractivity contribution in [2.75, 3.05) is 47.5 Å². The highest BCUT2D eigenvalue weighted by atomic mass is 31.2. The molecule has 0 amide bonds. The van der Waals surface area contributed by atoms with Crippen molar-refractivity contribution in [1.82, 2.24) is 0 Å². The summed E-state index contributed by atoms with van der Waals surface area (Å²) in [6, 6.07) is 0. The summed E-state index contributed by atoms with van der Waals surface area (Å²) in [5.41, 5.74) is 0. The molecule has 0 aromatic heterocycles. The summed E-state index contributed by atoms with van der Waals surface area (Å²) < 4.78 is 34.5. The first kappa shape index (κ1) is 101. The highest BCUT2D eigenvalue weighted by Gasteiger charge is 2.22. The van der Waals surface area contributed by atoms with E-state index < -0.39 is 26.5 Å². The van der Waals surface area contributed by atoms with Crippen molar-refractivity contribution in [3.8, 4) is 0 Å². The van der Waals surface area contributed by atoms with Crippen LogP contribution in [0.25, 0.3) is 0 Å². The zero-order chi connectivity index (χ0) is 76.8. The van der Waals surface area contributed by atoms with E-state index in [2.05, 4.69) is 196 Å². The number of carbonyl (C=O) groups is 2. The predicted molar refractivity (Wildman–Crippen MR) is 461 cm³/mol. The summed E-state index contributed by atoms with van der Waals surface area (Å²) in [5, 5.41) is 0. The maximum atomic E-state index is 12.9. The zero-order valence-corrected chi connectivity index (χ0v) is 70.0. The second-order valence-corrected chi connectivity index (χ2v) is 31.2. The van der Waals surface area contributed by atoms with Crippen LogP contribution >= 0.6 is 7.82 Å². The molecule has 0 spiro atoms. The molecule has 0 N–H and O–H groups in total. The highest BCUT2D eigenvalue weighted by molar-refractivity contribution is 7.45. The molecule has 0 rings (SSSR count). The van der Waals surface area contributed by atoms with Gasteiger partial charge in [0, 0.05) is 12.8 Å². The highest BCUT2D eigenvalue weighted by Crippen LogP contribution is 2.38. The molecule has 2 atom stereocenters. The molecule has 106 heavy (non-hydrogen) atoms. The van der Waals surface area contributed by atoms with E-state index in [1.54, 1.807) is 0 Å². The standard InChI is InChI=1S/C96H162NO8P/c1-6-8-10-12-14-16-18-20-22-24-26-28-30-32-34-36-38-40-42-44-46-48-50-52-54-56-58-60-62-64-66-68-70-72-74-76-78-80-82-84-86-88-95(98)102-92-94(93-104-106(100,101)103-91-90-97(3,4)5)105-96(99)89-87-85-83-81-79-77-75-73-71-69-67-65-63-61-59-57-55-53-51-49-47-45-43-41-39-37-35-33-31-29-27-25-23-21-19-17-15-13-11-9-7-2/h8-11,14-17,20-23,26-29,32-35,39,41,45,47,51,53,57,59,63,65,94H,6-7,12-13,18-19,24-25,30-31,36-38,40,42-44,46,48-50,52,54-56,58,60-62,64,66-93H2,1-5H3/b10-8-,11-9-,16-14-,17-15-,22-20-,23-21-,28-26-,29-27-,34-32-,35-33-,41-39-,47-45-,53-51-,59-57-,65-63-. The number of hydrogen-bond donors (Lipinski definition) is 0. The first-order valence-corrected chi connectivity index (χ1v) is 45.0. The molecule has 0 radical (unpaired) electrons. The number of ether oxygens (including phenoxy) is 2. The molecule has 0 aliphatic rings. The minimum absolute atomic E-state index is 0.0372. The summed E-state index contributed by atoms with van der Waals surface area (Å²) in [6.45, 7) is 4.03. The fourth-order valence-corrected chi connectivity index (χ4v) is 12.6. The summed E-state index contributed by atoms with van der Waals surface area (Å²) in [7, 11) is 1.16. The quantitative estimate of drug-likeness (QED) is 0.0195. The largest absolute Gasteiger partial charge is 0.756 e. The molecular weight excluding hydrogens is 1330 g/mol. The third-order valence-corrected chi connectivity index (χ3v) is 19.4. The molecule has 0 heterocycles. The summed E-state index contributed by atoms with van der Waals surface area (Å²) in [4.78, 5) is 38.3. The number of phosphoric ester groups is 1. The Morgan fingerprint density at radius 2 is 0.509 bits per heavy atom. The third-order valence-electron chi connectivity index (χ3n) is 18.4. The number of esters is 2. The summed E-state index contributed by atoms with van der Waals surface area (Å²) in [6.07, 6.45) is 129. The van der Waals surface area contributed by atoms with Crippen LogP contribution in [0.5, 0.6) is 0 Å². The van der Waals surface area contributed by atoms with E-state index in [0.717, 1.165) is 141 Å². The van der Waals surface area contributed by atoms with Gasteiger partial charge in [0.05, 0.1) is 27.7 Å². The van der Waals surface area contributed by atoms with E-state index in [-0.39, 0.29) is 32.0 Å². The Morgan fingerprint density at radius 3 is 0.755 bits per heavy atom. The number of phosphoric acid groups is 1. The number of quaternary nitrogens is 1. The van der Waals surface area contributed by atoms with Crippen LogP contribution in [0, 0.1) is 0 Å². The summed E-state index contributed by atoms with van der Waals surface area (Å²) in [5.74, 6) is -0.833. The number of likely N-dealkylation sites (N-methyl/N-ethyl adjacent to an activating group) is 1. The molecule has 0 fully saturated rings. The fraction of sp³-hybridized carbons (Fsp3) is 0.667. The predicted octanol–water partition coefficient (Wildman–Crippen LogP) is 29.1. The lowest BCUT2D eigenvalue weighted by Gasteiger charge is -2.28. The van der Waals surface area contributed by atoms with Gasteiger partial charge in [-0.25, -0.2) is 0 Å². The third kappa shape index (κ3) is 88.0. The Morgan fingerprint density at radius 1 is 0.292 bits per heavy atom.